The summed E-state index contributed by atoms with van der Waals surface area (Å²) in [6.45, 7) is 3.77. The first-order valence-corrected chi connectivity index (χ1v) is 5.44. The van der Waals surface area contributed by atoms with Gasteiger partial charge in [0.25, 0.3) is 0 Å². The molecule has 18 heavy (non-hydrogen) atoms. The number of halogens is 2. The summed E-state index contributed by atoms with van der Waals surface area (Å²) in [5, 5.41) is 6.04. The minimum Gasteiger partial charge on any atom is -0.354 e. The van der Waals surface area contributed by atoms with Gasteiger partial charge in [0, 0.05) is 31.7 Å². The van der Waals surface area contributed by atoms with Crippen LogP contribution in [0, 0.1) is 0 Å². The van der Waals surface area contributed by atoms with Crippen molar-refractivity contribution in [1.29, 1.82) is 0 Å². The van der Waals surface area contributed by atoms with Gasteiger partial charge in [-0.3, -0.25) is 4.79 Å². The number of carbonyl (C=O) groups is 1. The first-order valence-electron chi connectivity index (χ1n) is 5.44. The highest BCUT2D eigenvalue weighted by molar-refractivity contribution is 5.99. The highest BCUT2D eigenvalue weighted by Gasteiger charge is 2.26. The van der Waals surface area contributed by atoms with E-state index in [4.69, 9.17) is 0 Å². The Bertz CT molecular complexity index is 436. The zero-order valence-electron chi connectivity index (χ0n) is 9.68. The van der Waals surface area contributed by atoms with Crippen LogP contribution in [0.4, 0.5) is 11.6 Å². The van der Waals surface area contributed by atoms with E-state index in [1.54, 1.807) is 0 Å². The molecular weight excluding hydrogens is 277 g/mol. The van der Waals surface area contributed by atoms with Crippen molar-refractivity contribution in [3.05, 3.63) is 11.9 Å². The van der Waals surface area contributed by atoms with E-state index >= 15 is 0 Å². The number of nitrogens with one attached hydrogen (secondary N) is 2. The standard InChI is InChI=1S/C10H13N5O.2ClH/c16-8-5-7-9(14-8)12-6-13-10(7)15-3-1-11-2-4-15;;/h6,11H,1-5H2,(H,12,13,14,16);2*1H. The van der Waals surface area contributed by atoms with Crippen LogP contribution in [0.2, 0.25) is 0 Å². The smallest absolute Gasteiger partial charge is 0.230 e. The lowest BCUT2D eigenvalue weighted by molar-refractivity contribution is -0.115. The van der Waals surface area contributed by atoms with E-state index < -0.39 is 0 Å². The molecule has 3 heterocycles. The van der Waals surface area contributed by atoms with Crippen LogP contribution in [0.15, 0.2) is 6.33 Å². The van der Waals surface area contributed by atoms with Crippen LogP contribution in [0.3, 0.4) is 0 Å². The number of amides is 1. The second kappa shape index (κ2) is 6.17. The van der Waals surface area contributed by atoms with E-state index in [0.717, 1.165) is 37.6 Å². The van der Waals surface area contributed by atoms with Gasteiger partial charge in [-0.25, -0.2) is 9.97 Å². The van der Waals surface area contributed by atoms with Crippen molar-refractivity contribution in [2.45, 2.75) is 6.42 Å². The minimum atomic E-state index is 0. The molecule has 100 valence electrons. The van der Waals surface area contributed by atoms with Crippen LogP contribution in [0.1, 0.15) is 5.56 Å². The van der Waals surface area contributed by atoms with Gasteiger partial charge >= 0.3 is 0 Å². The number of anilines is 2. The van der Waals surface area contributed by atoms with Gasteiger partial charge in [-0.15, -0.1) is 24.8 Å². The summed E-state index contributed by atoms with van der Waals surface area (Å²) < 4.78 is 0. The number of hydrogen-bond acceptors (Lipinski definition) is 5. The Morgan fingerprint density at radius 1 is 1.17 bits per heavy atom. The highest BCUT2D eigenvalue weighted by Crippen LogP contribution is 2.28. The van der Waals surface area contributed by atoms with E-state index in [9.17, 15) is 4.79 Å². The van der Waals surface area contributed by atoms with Crippen molar-refractivity contribution in [1.82, 2.24) is 15.3 Å². The van der Waals surface area contributed by atoms with Gasteiger partial charge in [0.2, 0.25) is 5.91 Å². The number of nitrogens with zero attached hydrogens (tertiary/aromatic N) is 3. The topological polar surface area (TPSA) is 70.2 Å². The molecule has 8 heteroatoms. The Hall–Kier alpha value is -1.11. The fourth-order valence-corrected chi connectivity index (χ4v) is 2.16. The fourth-order valence-electron chi connectivity index (χ4n) is 2.16. The molecule has 3 rings (SSSR count). The van der Waals surface area contributed by atoms with Gasteiger partial charge in [0.05, 0.1) is 6.42 Å². The molecule has 1 saturated heterocycles. The number of rotatable bonds is 1. The molecule has 0 atom stereocenters. The summed E-state index contributed by atoms with van der Waals surface area (Å²) in [6, 6.07) is 0. The molecule has 1 aromatic heterocycles. The lowest BCUT2D eigenvalue weighted by atomic mass is 10.2. The van der Waals surface area contributed by atoms with Gasteiger partial charge in [0.1, 0.15) is 18.0 Å². The Labute approximate surface area is 117 Å². The number of aromatic nitrogens is 2. The quantitative estimate of drug-likeness (QED) is 0.775. The average molecular weight is 292 g/mol. The number of piperazine rings is 1. The lowest BCUT2D eigenvalue weighted by Gasteiger charge is -2.29. The van der Waals surface area contributed by atoms with Gasteiger partial charge < -0.3 is 15.5 Å². The Morgan fingerprint density at radius 3 is 2.61 bits per heavy atom. The summed E-state index contributed by atoms with van der Waals surface area (Å²) in [4.78, 5) is 21.9. The molecule has 0 saturated carbocycles. The third-order valence-electron chi connectivity index (χ3n) is 2.93. The zero-order valence-corrected chi connectivity index (χ0v) is 11.3. The Balaban J connectivity index is 0.000000810. The summed E-state index contributed by atoms with van der Waals surface area (Å²) in [7, 11) is 0. The van der Waals surface area contributed by atoms with E-state index in [1.165, 1.54) is 6.33 Å². The van der Waals surface area contributed by atoms with E-state index in [2.05, 4.69) is 25.5 Å². The summed E-state index contributed by atoms with van der Waals surface area (Å²) in [6.07, 6.45) is 1.91. The van der Waals surface area contributed by atoms with Crippen LogP contribution in [-0.4, -0.2) is 42.1 Å². The molecule has 2 aliphatic rings. The maximum atomic E-state index is 11.3. The Kier molecular flexibility index (Phi) is 5.13. The molecule has 0 radical (unpaired) electrons. The van der Waals surface area contributed by atoms with E-state index in [-0.39, 0.29) is 30.7 Å². The SMILES string of the molecule is Cl.Cl.O=C1Cc2c(ncnc2N2CCNCC2)N1. The molecule has 1 amide bonds. The number of fused-ring (bicyclic) bond motifs is 1. The van der Waals surface area contributed by atoms with E-state index in [1.807, 2.05) is 0 Å². The van der Waals surface area contributed by atoms with Crippen molar-refractivity contribution in [3.8, 4) is 0 Å². The molecule has 0 spiro atoms. The average Bonchev–Trinajstić information content (AvgIpc) is 2.70. The van der Waals surface area contributed by atoms with E-state index in [0.29, 0.717) is 12.2 Å². The maximum Gasteiger partial charge on any atom is 0.230 e. The molecule has 0 aromatic carbocycles. The third kappa shape index (κ3) is 2.66. The third-order valence-corrected chi connectivity index (χ3v) is 2.93. The second-order valence-electron chi connectivity index (χ2n) is 3.99. The van der Waals surface area contributed by atoms with Crippen molar-refractivity contribution in [2.24, 2.45) is 0 Å². The van der Waals surface area contributed by atoms with Crippen LogP contribution < -0.4 is 15.5 Å². The maximum absolute atomic E-state index is 11.3. The van der Waals surface area contributed by atoms with Gasteiger partial charge in [-0.2, -0.15) is 0 Å². The predicted molar refractivity (Wildman–Crippen MR) is 73.9 cm³/mol. The monoisotopic (exact) mass is 291 g/mol. The first kappa shape index (κ1) is 14.9. The molecule has 2 aliphatic heterocycles. The minimum absolute atomic E-state index is 0. The highest BCUT2D eigenvalue weighted by atomic mass is 35.5. The summed E-state index contributed by atoms with van der Waals surface area (Å²) in [5.41, 5.74) is 0.939. The normalized spacial score (nSPS) is 17.3. The first-order chi connectivity index (χ1) is 7.84. The zero-order chi connectivity index (χ0) is 11.0. The van der Waals surface area contributed by atoms with Crippen molar-refractivity contribution in [2.75, 3.05) is 36.4 Å². The van der Waals surface area contributed by atoms with Crippen LogP contribution in [0.5, 0.6) is 0 Å². The second-order valence-corrected chi connectivity index (χ2v) is 3.99. The Morgan fingerprint density at radius 2 is 1.89 bits per heavy atom. The molecule has 0 unspecified atom stereocenters. The molecule has 6 nitrogen and oxygen atoms in total. The van der Waals surface area contributed by atoms with Gasteiger partial charge in [-0.05, 0) is 0 Å². The lowest BCUT2D eigenvalue weighted by Crippen LogP contribution is -2.44. The van der Waals surface area contributed by atoms with Crippen LogP contribution >= 0.6 is 24.8 Å². The fraction of sp³-hybridized carbons (Fsp3) is 0.500. The molecule has 0 aliphatic carbocycles. The largest absolute Gasteiger partial charge is 0.354 e. The van der Waals surface area contributed by atoms with Crippen LogP contribution in [-0.2, 0) is 11.2 Å². The predicted octanol–water partition coefficient (Wildman–Crippen LogP) is 0.224. The number of hydrogen-bond donors (Lipinski definition) is 2. The molecule has 2 N–H and O–H groups in total. The number of carbonyl (C=O) groups excluding carboxylic acids is 1. The van der Waals surface area contributed by atoms with Crippen LogP contribution in [0.25, 0.3) is 0 Å². The molecule has 0 bridgehead atoms. The molecular formula is C10H15Cl2N5O. The summed E-state index contributed by atoms with van der Waals surface area (Å²) in [5.74, 6) is 1.59. The summed E-state index contributed by atoms with van der Waals surface area (Å²) >= 11 is 0. The molecule has 1 fully saturated rings. The van der Waals surface area contributed by atoms with Crippen molar-refractivity contribution in [3.63, 3.8) is 0 Å². The van der Waals surface area contributed by atoms with Gasteiger partial charge in [-0.1, -0.05) is 0 Å². The molecule has 1 aromatic rings. The van der Waals surface area contributed by atoms with Crippen molar-refractivity contribution >= 4 is 42.4 Å². The van der Waals surface area contributed by atoms with Crippen molar-refractivity contribution < 1.29 is 4.79 Å². The van der Waals surface area contributed by atoms with Gasteiger partial charge in [0.15, 0.2) is 0 Å².